The van der Waals surface area contributed by atoms with E-state index < -0.39 is 0 Å². The second kappa shape index (κ2) is 24.6. The van der Waals surface area contributed by atoms with Gasteiger partial charge in [0.15, 0.2) is 0 Å². The summed E-state index contributed by atoms with van der Waals surface area (Å²) in [6, 6.07) is 1.000. The van der Waals surface area contributed by atoms with E-state index in [9.17, 15) is 0 Å². The molecule has 0 heterocycles. The van der Waals surface area contributed by atoms with Crippen LogP contribution in [0.15, 0.2) is 0 Å². The van der Waals surface area contributed by atoms with Crippen molar-refractivity contribution in [1.29, 1.82) is 0 Å². The Kier molecular flexibility index (Phi) is 39.1. The third-order valence-corrected chi connectivity index (χ3v) is 1.41. The van der Waals surface area contributed by atoms with Crippen molar-refractivity contribution in [3.63, 3.8) is 0 Å². The van der Waals surface area contributed by atoms with Crippen LogP contribution in [0.25, 0.3) is 5.32 Å². The van der Waals surface area contributed by atoms with Gasteiger partial charge in [-0.2, -0.15) is 26.7 Å². The molecule has 0 saturated heterocycles. The molecular weight excluding hydrogens is 209 g/mol. The third-order valence-electron chi connectivity index (χ3n) is 1.41. The van der Waals surface area contributed by atoms with Crippen LogP contribution in [0.3, 0.4) is 0 Å². The van der Waals surface area contributed by atoms with Crippen molar-refractivity contribution in [2.75, 3.05) is 0 Å². The maximum atomic E-state index is 4.28. The molecule has 0 fully saturated rings. The molecule has 0 saturated carbocycles. The monoisotopic (exact) mass is 241 g/mol. The predicted octanol–water partition coefficient (Wildman–Crippen LogP) is 5.04. The van der Waals surface area contributed by atoms with Crippen LogP contribution in [0.5, 0.6) is 0 Å². The number of unbranched alkanes of at least 4 members (excludes halogenated alkanes) is 2. The van der Waals surface area contributed by atoms with E-state index in [1.165, 1.54) is 12.8 Å². The molecule has 1 nitrogen and oxygen atoms in total. The maximum Gasteiger partial charge on any atom is 3.00 e. The van der Waals surface area contributed by atoms with Crippen LogP contribution in [-0.4, -0.2) is 29.4 Å². The van der Waals surface area contributed by atoms with Crippen LogP contribution in [0, 0.1) is 12.8 Å². The second-order valence-electron chi connectivity index (χ2n) is 3.97. The van der Waals surface area contributed by atoms with E-state index in [2.05, 4.69) is 73.5 Å². The van der Waals surface area contributed by atoms with Gasteiger partial charge in [0.2, 0.25) is 0 Å². The molecule has 0 spiro atoms. The Bertz CT molecular complexity index is 68.8. The first-order chi connectivity index (χ1) is 6.95. The minimum Gasteiger partial charge on any atom is -0.658 e. The van der Waals surface area contributed by atoms with Crippen LogP contribution in [0.4, 0.5) is 0 Å². The molecule has 0 unspecified atom stereocenters. The first kappa shape index (κ1) is 25.4. The van der Waals surface area contributed by atoms with Crippen molar-refractivity contribution >= 4 is 17.4 Å². The summed E-state index contributed by atoms with van der Waals surface area (Å²) >= 11 is 0. The Balaban J connectivity index is -0.0000000700. The molecule has 2 heteroatoms. The van der Waals surface area contributed by atoms with Gasteiger partial charge in [-0.1, -0.05) is 41.5 Å². The van der Waals surface area contributed by atoms with Crippen molar-refractivity contribution in [2.45, 2.75) is 80.3 Å². The number of hydrogen-bond acceptors (Lipinski definition) is 0. The maximum absolute atomic E-state index is 4.28. The smallest absolute Gasteiger partial charge is 0.658 e. The van der Waals surface area contributed by atoms with Gasteiger partial charge in [0, 0.05) is 0 Å². The van der Waals surface area contributed by atoms with E-state index in [0.29, 0.717) is 12.1 Å². The molecule has 0 rings (SSSR count). The van der Waals surface area contributed by atoms with Gasteiger partial charge >= 0.3 is 17.4 Å². The molecule has 0 aromatic heterocycles. The second-order valence-corrected chi connectivity index (χ2v) is 3.97. The average Bonchev–Trinajstić information content (AvgIpc) is 2.16. The first-order valence-corrected chi connectivity index (χ1v) is 6.21. The molecule has 0 aromatic carbocycles. The molecule has 16 heavy (non-hydrogen) atoms. The summed E-state index contributed by atoms with van der Waals surface area (Å²) < 4.78 is 0. The number of rotatable bonds is 4. The van der Waals surface area contributed by atoms with Crippen LogP contribution < -0.4 is 0 Å². The molecule has 0 aliphatic heterocycles. The fourth-order valence-corrected chi connectivity index (χ4v) is 0.596. The molecule has 0 radical (unpaired) electrons. The van der Waals surface area contributed by atoms with E-state index in [4.69, 9.17) is 0 Å². The minimum absolute atomic E-state index is 0. The van der Waals surface area contributed by atoms with E-state index >= 15 is 0 Å². The van der Waals surface area contributed by atoms with Crippen molar-refractivity contribution in [2.24, 2.45) is 0 Å². The Labute approximate surface area is 116 Å². The number of nitrogens with zero attached hydrogens (tertiary/aromatic N) is 1. The Morgan fingerprint density at radius 1 is 0.812 bits per heavy atom. The summed E-state index contributed by atoms with van der Waals surface area (Å²) in [5.74, 6) is 0. The summed E-state index contributed by atoms with van der Waals surface area (Å²) in [4.78, 5) is 0. The normalized spacial score (nSPS) is 8.62. The van der Waals surface area contributed by atoms with Crippen LogP contribution in [-0.2, 0) is 0 Å². The summed E-state index contributed by atoms with van der Waals surface area (Å²) in [7, 11) is 0. The van der Waals surface area contributed by atoms with Gasteiger partial charge in [0.05, 0.1) is 0 Å². The van der Waals surface area contributed by atoms with Gasteiger partial charge in [-0.3, -0.25) is 0 Å². The van der Waals surface area contributed by atoms with Crippen molar-refractivity contribution in [1.82, 2.24) is 0 Å². The molecular formula is C14H32AlN. The quantitative estimate of drug-likeness (QED) is 0.484. The largest absolute Gasteiger partial charge is 3.00 e. The minimum atomic E-state index is 0. The van der Waals surface area contributed by atoms with Crippen LogP contribution >= 0.6 is 0 Å². The molecule has 0 N–H and O–H groups in total. The molecule has 0 aliphatic carbocycles. The summed E-state index contributed by atoms with van der Waals surface area (Å²) in [5, 5.41) is 4.28. The van der Waals surface area contributed by atoms with Crippen LogP contribution in [0.2, 0.25) is 0 Å². The van der Waals surface area contributed by atoms with E-state index in [-0.39, 0.29) is 17.4 Å². The standard InChI is InChI=1S/C6H14N.2C4H9.Al/c1-5(2)7-6(3)4;2*1-3-4-2;/h5-6H,1-4H3;2*3H,4H2,1-2H3;/q3*-1;+3. The zero-order chi connectivity index (χ0) is 12.7. The van der Waals surface area contributed by atoms with Crippen molar-refractivity contribution < 1.29 is 0 Å². The SMILES string of the molecule is CC(C)[N-]C(C)C.C[CH-]CC.C[CH-]CC.[Al+3]. The van der Waals surface area contributed by atoms with Gasteiger partial charge in [-0.05, 0) is 0 Å². The molecule has 0 bridgehead atoms. The zero-order valence-electron chi connectivity index (χ0n) is 12.7. The fourth-order valence-electron chi connectivity index (χ4n) is 0.596. The summed E-state index contributed by atoms with van der Waals surface area (Å²) in [6.45, 7) is 16.8. The van der Waals surface area contributed by atoms with Crippen molar-refractivity contribution in [3.8, 4) is 0 Å². The molecule has 0 amide bonds. The molecule has 0 atom stereocenters. The summed E-state index contributed by atoms with van der Waals surface area (Å²) in [6.07, 6.45) is 6.64. The number of hydrogen-bond donors (Lipinski definition) is 0. The Hall–Kier alpha value is 0.492. The van der Waals surface area contributed by atoms with Gasteiger partial charge in [-0.25, -0.2) is 0 Å². The van der Waals surface area contributed by atoms with E-state index in [0.717, 1.165) is 0 Å². The molecule has 0 aromatic rings. The topological polar surface area (TPSA) is 14.1 Å². The van der Waals surface area contributed by atoms with Gasteiger partial charge in [0.1, 0.15) is 0 Å². The van der Waals surface area contributed by atoms with Gasteiger partial charge < -0.3 is 18.2 Å². The van der Waals surface area contributed by atoms with Gasteiger partial charge in [0.25, 0.3) is 0 Å². The summed E-state index contributed by atoms with van der Waals surface area (Å²) in [5.41, 5.74) is 0. The van der Waals surface area contributed by atoms with E-state index in [1.807, 2.05) is 0 Å². The predicted molar refractivity (Wildman–Crippen MR) is 79.9 cm³/mol. The molecule has 0 aliphatic rings. The van der Waals surface area contributed by atoms with Crippen molar-refractivity contribution in [3.05, 3.63) is 18.2 Å². The Morgan fingerprint density at radius 2 is 1.00 bits per heavy atom. The van der Waals surface area contributed by atoms with Crippen LogP contribution in [0.1, 0.15) is 68.2 Å². The molecule has 96 valence electrons. The Morgan fingerprint density at radius 3 is 1.00 bits per heavy atom. The zero-order valence-corrected chi connectivity index (χ0v) is 13.9. The van der Waals surface area contributed by atoms with E-state index in [1.54, 1.807) is 0 Å². The van der Waals surface area contributed by atoms with Gasteiger partial charge in [-0.15, -0.1) is 12.1 Å². The average molecular weight is 241 g/mol. The first-order valence-electron chi connectivity index (χ1n) is 6.21. The fraction of sp³-hybridized carbons (Fsp3) is 0.857. The third kappa shape index (κ3) is 62.6.